The summed E-state index contributed by atoms with van der Waals surface area (Å²) in [5.74, 6) is -2.45. The Bertz CT molecular complexity index is 4160. The van der Waals surface area contributed by atoms with Crippen LogP contribution in [0.15, 0.2) is 188 Å². The zero-order valence-corrected chi connectivity index (χ0v) is 42.2. The Morgan fingerprint density at radius 1 is 0.507 bits per heavy atom. The molecule has 0 unspecified atom stereocenters. The molecule has 73 heavy (non-hydrogen) atoms. The lowest BCUT2D eigenvalue weighted by molar-refractivity contribution is 0.466. The van der Waals surface area contributed by atoms with Crippen molar-refractivity contribution in [3.8, 4) is 89.7 Å². The summed E-state index contributed by atoms with van der Waals surface area (Å²) in [6, 6.07) is 55.4. The lowest BCUT2D eigenvalue weighted by atomic mass is 9.85. The highest BCUT2D eigenvalue weighted by Gasteiger charge is 2.27. The summed E-state index contributed by atoms with van der Waals surface area (Å²) in [6.07, 6.45) is 1.63. The SMILES string of the molecule is [2H]C([2H])([2H])c1cc(-c2ccc(C(C)(C)C)cc2)c(-n2c(-c3cc(C([2H])(C)C)cc(C([2H])(C)C)c3O)nc3c(-c4cc(-c5ccccc5)cc(-c5cc(-c6ccc(C(C([2H])([2H])[2H])(C([2H])([2H])[2H])C([2H])([2H])[2H])cc6)ccn5)c4)cccc32)cc1-c1ccccc1. The van der Waals surface area contributed by atoms with Gasteiger partial charge in [-0.3, -0.25) is 9.55 Å². The summed E-state index contributed by atoms with van der Waals surface area (Å²) >= 11 is 0. The van der Waals surface area contributed by atoms with Crippen LogP contribution in [0.4, 0.5) is 0 Å². The molecule has 0 amide bonds. The summed E-state index contributed by atoms with van der Waals surface area (Å²) in [4.78, 5) is 10.4. The number of fused-ring (bicyclic) bond motifs is 1. The van der Waals surface area contributed by atoms with Crippen LogP contribution in [0.5, 0.6) is 5.75 Å². The predicted octanol–water partition coefficient (Wildman–Crippen LogP) is 18.9. The smallest absolute Gasteiger partial charge is 0.149 e. The number of phenolic OH excluding ortho intramolecular Hbond substituents is 1. The molecule has 2 aromatic heterocycles. The highest BCUT2D eigenvalue weighted by atomic mass is 16.3. The fraction of sp³-hybridized carbons (Fsp3) is 0.217. The number of aromatic hydroxyl groups is 1. The number of phenols is 1. The number of benzene rings is 8. The topological polar surface area (TPSA) is 50.9 Å². The number of aromatic nitrogens is 3. The van der Waals surface area contributed by atoms with Crippen LogP contribution < -0.4 is 0 Å². The molecule has 10 aromatic rings. The number of hydrogen-bond acceptors (Lipinski definition) is 3. The van der Waals surface area contributed by atoms with E-state index in [1.807, 2.05) is 132 Å². The number of pyridine rings is 1. The Morgan fingerprint density at radius 2 is 1.12 bits per heavy atom. The second-order valence-corrected chi connectivity index (χ2v) is 20.4. The van der Waals surface area contributed by atoms with E-state index in [1.165, 1.54) is 24.3 Å². The minimum absolute atomic E-state index is 0.135. The number of imidazole rings is 1. The molecule has 10 rings (SSSR count). The van der Waals surface area contributed by atoms with Gasteiger partial charge in [0.1, 0.15) is 11.6 Å². The summed E-state index contributed by atoms with van der Waals surface area (Å²) in [7, 11) is 0. The van der Waals surface area contributed by atoms with Crippen molar-refractivity contribution in [2.75, 3.05) is 0 Å². The molecule has 2 heterocycles. The summed E-state index contributed by atoms with van der Waals surface area (Å²) < 4.78 is 122. The monoisotopic (exact) mass is 968 g/mol. The maximum Gasteiger partial charge on any atom is 0.149 e. The Morgan fingerprint density at radius 3 is 1.77 bits per heavy atom. The highest BCUT2D eigenvalue weighted by Crippen LogP contribution is 2.46. The van der Waals surface area contributed by atoms with Gasteiger partial charge in [0.2, 0.25) is 0 Å². The molecule has 0 aliphatic carbocycles. The average molecular weight is 968 g/mol. The summed E-state index contributed by atoms with van der Waals surface area (Å²) in [5, 5.41) is 12.7. The van der Waals surface area contributed by atoms with Crippen molar-refractivity contribution >= 4 is 11.0 Å². The van der Waals surface area contributed by atoms with Crippen molar-refractivity contribution < 1.29 is 24.3 Å². The molecular weight excluding hydrogens is 887 g/mol. The predicted molar refractivity (Wildman–Crippen MR) is 309 cm³/mol. The van der Waals surface area contributed by atoms with Gasteiger partial charge in [-0.2, -0.15) is 0 Å². The van der Waals surface area contributed by atoms with Gasteiger partial charge in [0.05, 0.1) is 28.0 Å². The van der Waals surface area contributed by atoms with Gasteiger partial charge in [-0.1, -0.05) is 196 Å². The largest absolute Gasteiger partial charge is 0.507 e. The van der Waals surface area contributed by atoms with Crippen molar-refractivity contribution in [1.29, 1.82) is 0 Å². The van der Waals surface area contributed by atoms with Gasteiger partial charge >= 0.3 is 0 Å². The summed E-state index contributed by atoms with van der Waals surface area (Å²) in [5.41, 5.74) is 8.16. The molecule has 0 fully saturated rings. The molecule has 0 saturated carbocycles. The van der Waals surface area contributed by atoms with Crippen molar-refractivity contribution in [1.82, 2.24) is 14.5 Å². The van der Waals surface area contributed by atoms with Crippen LogP contribution in [0, 0.1) is 6.85 Å². The third-order valence-electron chi connectivity index (χ3n) is 13.7. The zero-order chi connectivity index (χ0) is 63.2. The molecule has 0 aliphatic heterocycles. The van der Waals surface area contributed by atoms with E-state index in [9.17, 15) is 7.85 Å². The standard InChI is InChI=1S/C69H67N3O/c1-43(2)51-39-58(44(3)4)66(73)61(40-51)67-71-65-57(53-36-52(46-19-14-12-15-20-46)37-54(38-53)62-41-50(33-34-70-62)47-25-29-55(30-26-47)68(6,7)8)23-18-24-63(65)72(67)64-42-59(48-21-16-13-17-22-48)45(5)35-60(64)49-27-31-56(32-28-49)69(9,10)11/h12-44,73H,1-11H3/i5D3,6D3,7D3,8D3,43D,44D. The minimum atomic E-state index is -3.42. The van der Waals surface area contributed by atoms with E-state index < -0.39 is 44.6 Å². The second kappa shape index (κ2) is 19.3. The van der Waals surface area contributed by atoms with Crippen molar-refractivity contribution in [3.63, 3.8) is 0 Å². The molecule has 0 radical (unpaired) electrons. The Hall–Kier alpha value is -7.82. The first-order valence-electron chi connectivity index (χ1n) is 31.5. The van der Waals surface area contributed by atoms with E-state index in [0.717, 1.165) is 27.8 Å². The normalized spacial score (nSPS) is 15.9. The fourth-order valence-corrected chi connectivity index (χ4v) is 9.65. The molecule has 0 aliphatic rings. The molecule has 8 aromatic carbocycles. The van der Waals surface area contributed by atoms with Crippen LogP contribution in [0.1, 0.15) is 128 Å². The van der Waals surface area contributed by atoms with Crippen LogP contribution in [-0.4, -0.2) is 19.6 Å². The first kappa shape index (κ1) is 34.5. The lowest BCUT2D eigenvalue weighted by Gasteiger charge is -2.22. The molecule has 0 saturated heterocycles. The van der Waals surface area contributed by atoms with Gasteiger partial charge in [-0.25, -0.2) is 4.98 Å². The first-order valence-corrected chi connectivity index (χ1v) is 24.5. The van der Waals surface area contributed by atoms with Crippen molar-refractivity contribution in [3.05, 3.63) is 216 Å². The Kier molecular flexibility index (Phi) is 9.13. The Balaban J connectivity index is 1.26. The molecule has 4 heteroatoms. The van der Waals surface area contributed by atoms with Gasteiger partial charge in [-0.15, -0.1) is 0 Å². The van der Waals surface area contributed by atoms with E-state index in [0.29, 0.717) is 66.9 Å². The third kappa shape index (κ3) is 9.67. The zero-order valence-electron chi connectivity index (χ0n) is 56.2. The first-order chi connectivity index (χ1) is 40.5. The molecule has 364 valence electrons. The maximum atomic E-state index is 12.7. The number of aryl methyl sites for hydroxylation is 1. The second-order valence-electron chi connectivity index (χ2n) is 20.4. The van der Waals surface area contributed by atoms with Gasteiger partial charge in [0, 0.05) is 42.1 Å². The van der Waals surface area contributed by atoms with Gasteiger partial charge in [-0.05, 0) is 156 Å². The average Bonchev–Trinajstić information content (AvgIpc) is 1.63. The third-order valence-corrected chi connectivity index (χ3v) is 13.7. The van der Waals surface area contributed by atoms with Crippen molar-refractivity contribution in [2.45, 2.75) is 98.5 Å². The number of rotatable bonds is 10. The van der Waals surface area contributed by atoms with Crippen LogP contribution in [-0.2, 0) is 10.8 Å². The highest BCUT2D eigenvalue weighted by molar-refractivity contribution is 5.99. The quantitative estimate of drug-likeness (QED) is 0.149. The molecule has 4 nitrogen and oxygen atoms in total. The van der Waals surface area contributed by atoms with E-state index in [1.54, 1.807) is 58.2 Å². The van der Waals surface area contributed by atoms with Crippen LogP contribution in [0.2, 0.25) is 0 Å². The van der Waals surface area contributed by atoms with E-state index in [2.05, 4.69) is 26.8 Å². The van der Waals surface area contributed by atoms with E-state index in [-0.39, 0.29) is 39.2 Å². The molecular formula is C69H67N3O. The molecule has 1 N–H and O–H groups in total. The number of nitrogens with zero attached hydrogens (tertiary/aromatic N) is 3. The van der Waals surface area contributed by atoms with Gasteiger partial charge in [0.15, 0.2) is 0 Å². The minimum Gasteiger partial charge on any atom is -0.507 e. The molecule has 0 spiro atoms. The molecule has 0 atom stereocenters. The van der Waals surface area contributed by atoms with Crippen LogP contribution in [0.3, 0.4) is 0 Å². The van der Waals surface area contributed by atoms with Crippen LogP contribution >= 0.6 is 0 Å². The van der Waals surface area contributed by atoms with Crippen molar-refractivity contribution in [2.24, 2.45) is 0 Å². The van der Waals surface area contributed by atoms with E-state index >= 15 is 0 Å². The maximum absolute atomic E-state index is 12.7. The Labute approximate surface area is 452 Å². The van der Waals surface area contributed by atoms with E-state index in [4.69, 9.17) is 26.4 Å². The van der Waals surface area contributed by atoms with Gasteiger partial charge < -0.3 is 5.11 Å². The fourth-order valence-electron chi connectivity index (χ4n) is 9.65. The van der Waals surface area contributed by atoms with Gasteiger partial charge in [0.25, 0.3) is 0 Å². The lowest BCUT2D eigenvalue weighted by Crippen LogP contribution is -2.10. The van der Waals surface area contributed by atoms with Crippen LogP contribution in [0.25, 0.3) is 95.0 Å². The molecule has 0 bridgehead atoms. The summed E-state index contributed by atoms with van der Waals surface area (Å²) in [6.45, 7) is 0.426. The number of hydrogen-bond donors (Lipinski definition) is 1. The number of para-hydroxylation sites is 1.